The Morgan fingerprint density at radius 1 is 1.29 bits per heavy atom. The van der Waals surface area contributed by atoms with Crippen LogP contribution in [0.5, 0.6) is 0 Å². The van der Waals surface area contributed by atoms with Gasteiger partial charge in [0.2, 0.25) is 0 Å². The van der Waals surface area contributed by atoms with Crippen LogP contribution in [0.3, 0.4) is 0 Å². The van der Waals surface area contributed by atoms with E-state index in [1.54, 1.807) is 13.0 Å². The van der Waals surface area contributed by atoms with Crippen molar-refractivity contribution in [1.82, 2.24) is 4.98 Å². The zero-order chi connectivity index (χ0) is 15.0. The molecular weight excluding hydrogens is 278 g/mol. The number of hydrogen-bond donors (Lipinski definition) is 1. The number of halogens is 2. The highest BCUT2D eigenvalue weighted by atomic mass is 19.1. The molecule has 0 spiro atoms. The Hall–Kier alpha value is -2.76. The number of oxazole rings is 1. The van der Waals surface area contributed by atoms with Crippen LogP contribution in [0, 0.1) is 18.6 Å². The molecule has 21 heavy (non-hydrogen) atoms. The molecule has 0 saturated carbocycles. The van der Waals surface area contributed by atoms with Crippen LogP contribution in [-0.4, -0.2) is 11.3 Å². The van der Waals surface area contributed by atoms with E-state index >= 15 is 0 Å². The number of carbonyl (C=O) groups excluding carboxylic acids is 1. The molecule has 2 aromatic carbocycles. The lowest BCUT2D eigenvalue weighted by molar-refractivity contribution is 0.112. The number of benzene rings is 2. The maximum Gasteiger partial charge on any atom is 0.182 e. The molecule has 0 radical (unpaired) electrons. The van der Waals surface area contributed by atoms with E-state index in [4.69, 9.17) is 4.42 Å². The Morgan fingerprint density at radius 2 is 2.10 bits per heavy atom. The molecular formula is C15H10F2N2O2. The fourth-order valence-corrected chi connectivity index (χ4v) is 2.06. The quantitative estimate of drug-likeness (QED) is 0.741. The lowest BCUT2D eigenvalue weighted by atomic mass is 10.1. The number of aryl methyl sites for hydroxylation is 1. The number of aromatic nitrogens is 1. The minimum absolute atomic E-state index is 0.0179. The molecule has 0 fully saturated rings. The molecule has 0 aliphatic carbocycles. The lowest BCUT2D eigenvalue weighted by Gasteiger charge is -2.11. The summed E-state index contributed by atoms with van der Waals surface area (Å²) in [6.07, 6.45) is 1.55. The third-order valence-electron chi connectivity index (χ3n) is 3.11. The molecule has 1 N–H and O–H groups in total. The predicted octanol–water partition coefficient (Wildman–Crippen LogP) is 3.97. The zero-order valence-electron chi connectivity index (χ0n) is 11.0. The van der Waals surface area contributed by atoms with E-state index < -0.39 is 11.6 Å². The summed E-state index contributed by atoms with van der Waals surface area (Å²) < 4.78 is 33.2. The summed E-state index contributed by atoms with van der Waals surface area (Å²) in [5, 5.41) is 2.61. The van der Waals surface area contributed by atoms with Crippen molar-refractivity contribution >= 4 is 28.8 Å². The average molecular weight is 288 g/mol. The van der Waals surface area contributed by atoms with Crippen LogP contribution in [0.15, 0.2) is 35.1 Å². The molecule has 0 aliphatic heterocycles. The van der Waals surface area contributed by atoms with Crippen molar-refractivity contribution in [3.63, 3.8) is 0 Å². The number of aldehydes is 1. The average Bonchev–Trinajstić information content (AvgIpc) is 2.92. The number of rotatable bonds is 3. The van der Waals surface area contributed by atoms with Gasteiger partial charge < -0.3 is 9.73 Å². The maximum absolute atomic E-state index is 14.4. The first-order valence-electron chi connectivity index (χ1n) is 6.14. The molecule has 1 aromatic heterocycles. The molecule has 0 atom stereocenters. The number of carbonyl (C=O) groups is 1. The first kappa shape index (κ1) is 13.2. The number of fused-ring (bicyclic) bond motifs is 1. The minimum Gasteiger partial charge on any atom is -0.443 e. The smallest absolute Gasteiger partial charge is 0.182 e. The summed E-state index contributed by atoms with van der Waals surface area (Å²) in [6.45, 7) is 1.74. The van der Waals surface area contributed by atoms with Gasteiger partial charge in [-0.15, -0.1) is 0 Å². The number of anilines is 2. The molecule has 0 aliphatic rings. The summed E-state index contributed by atoms with van der Waals surface area (Å²) in [4.78, 5) is 14.9. The Kier molecular flexibility index (Phi) is 3.13. The topological polar surface area (TPSA) is 55.1 Å². The molecule has 3 rings (SSSR count). The predicted molar refractivity (Wildman–Crippen MR) is 73.8 cm³/mol. The molecule has 3 aromatic rings. The van der Waals surface area contributed by atoms with Crippen LogP contribution in [0.1, 0.15) is 15.9 Å². The third-order valence-corrected chi connectivity index (χ3v) is 3.11. The number of hydrogen-bond acceptors (Lipinski definition) is 4. The third kappa shape index (κ3) is 2.24. The molecule has 6 heteroatoms. The van der Waals surface area contributed by atoms with Crippen molar-refractivity contribution in [2.75, 3.05) is 5.32 Å². The highest BCUT2D eigenvalue weighted by Crippen LogP contribution is 2.30. The van der Waals surface area contributed by atoms with Gasteiger partial charge in [0, 0.05) is 5.56 Å². The Labute approximate surface area is 118 Å². The van der Waals surface area contributed by atoms with Crippen LogP contribution >= 0.6 is 0 Å². The van der Waals surface area contributed by atoms with E-state index in [0.29, 0.717) is 6.29 Å². The number of nitrogens with zero attached hydrogens (tertiary/aromatic N) is 1. The van der Waals surface area contributed by atoms with Crippen molar-refractivity contribution < 1.29 is 18.0 Å². The second-order valence-electron chi connectivity index (χ2n) is 4.58. The van der Waals surface area contributed by atoms with Crippen LogP contribution in [0.4, 0.5) is 20.2 Å². The van der Waals surface area contributed by atoms with Crippen molar-refractivity contribution in [2.24, 2.45) is 0 Å². The number of nitrogens with one attached hydrogen (secondary N) is 1. The van der Waals surface area contributed by atoms with Gasteiger partial charge >= 0.3 is 0 Å². The highest BCUT2D eigenvalue weighted by molar-refractivity contribution is 5.94. The summed E-state index contributed by atoms with van der Waals surface area (Å²) in [5.74, 6) is -1.30. The van der Waals surface area contributed by atoms with E-state index in [2.05, 4.69) is 10.3 Å². The fraction of sp³-hybridized carbons (Fsp3) is 0.0667. The van der Waals surface area contributed by atoms with E-state index in [-0.39, 0.29) is 28.0 Å². The second kappa shape index (κ2) is 4.97. The molecule has 1 heterocycles. The van der Waals surface area contributed by atoms with Crippen LogP contribution in [0.2, 0.25) is 0 Å². The van der Waals surface area contributed by atoms with Gasteiger partial charge in [-0.1, -0.05) is 6.07 Å². The van der Waals surface area contributed by atoms with Gasteiger partial charge in [-0.25, -0.2) is 13.8 Å². The van der Waals surface area contributed by atoms with Crippen molar-refractivity contribution in [3.05, 3.63) is 53.4 Å². The Morgan fingerprint density at radius 3 is 2.81 bits per heavy atom. The molecule has 4 nitrogen and oxygen atoms in total. The van der Waals surface area contributed by atoms with Crippen molar-refractivity contribution in [3.8, 4) is 0 Å². The lowest BCUT2D eigenvalue weighted by Crippen LogP contribution is -2.01. The van der Waals surface area contributed by atoms with Crippen LogP contribution in [0.25, 0.3) is 11.1 Å². The minimum atomic E-state index is -0.761. The Balaban J connectivity index is 2.14. The SMILES string of the molecule is Cc1ccc(Nc2c(C=O)cc3ocnc3c2F)c(F)c1. The summed E-state index contributed by atoms with van der Waals surface area (Å²) in [6, 6.07) is 5.83. The molecule has 0 amide bonds. The monoisotopic (exact) mass is 288 g/mol. The molecule has 106 valence electrons. The molecule has 0 saturated heterocycles. The largest absolute Gasteiger partial charge is 0.443 e. The van der Waals surface area contributed by atoms with E-state index in [9.17, 15) is 13.6 Å². The summed E-state index contributed by atoms with van der Waals surface area (Å²) in [7, 11) is 0. The summed E-state index contributed by atoms with van der Waals surface area (Å²) >= 11 is 0. The maximum atomic E-state index is 14.4. The van der Waals surface area contributed by atoms with Gasteiger partial charge in [0.1, 0.15) is 11.3 Å². The highest BCUT2D eigenvalue weighted by Gasteiger charge is 2.17. The van der Waals surface area contributed by atoms with E-state index in [0.717, 1.165) is 12.0 Å². The fourth-order valence-electron chi connectivity index (χ4n) is 2.06. The van der Waals surface area contributed by atoms with Gasteiger partial charge in [0.25, 0.3) is 0 Å². The van der Waals surface area contributed by atoms with E-state index in [1.165, 1.54) is 18.2 Å². The van der Waals surface area contributed by atoms with Crippen molar-refractivity contribution in [2.45, 2.75) is 6.92 Å². The van der Waals surface area contributed by atoms with Gasteiger partial charge in [-0.05, 0) is 30.7 Å². The molecule has 0 bridgehead atoms. The van der Waals surface area contributed by atoms with Crippen LogP contribution in [-0.2, 0) is 0 Å². The van der Waals surface area contributed by atoms with Gasteiger partial charge in [-0.2, -0.15) is 0 Å². The van der Waals surface area contributed by atoms with Crippen molar-refractivity contribution in [1.29, 1.82) is 0 Å². The normalized spacial score (nSPS) is 10.8. The standard InChI is InChI=1S/C15H10F2N2O2/c1-8-2-3-11(10(16)4-8)19-14-9(6-20)5-12-15(13(14)17)18-7-21-12/h2-7,19H,1H3. The second-order valence-corrected chi connectivity index (χ2v) is 4.58. The summed E-state index contributed by atoms with van der Waals surface area (Å²) in [5.41, 5.74) is 0.845. The van der Waals surface area contributed by atoms with Gasteiger partial charge in [0.15, 0.2) is 24.1 Å². The van der Waals surface area contributed by atoms with Gasteiger partial charge in [0.05, 0.1) is 11.4 Å². The van der Waals surface area contributed by atoms with E-state index in [1.807, 2.05) is 0 Å². The first-order valence-corrected chi connectivity index (χ1v) is 6.14. The van der Waals surface area contributed by atoms with Crippen LogP contribution < -0.4 is 5.32 Å². The van der Waals surface area contributed by atoms with Gasteiger partial charge in [-0.3, -0.25) is 4.79 Å². The zero-order valence-corrected chi connectivity index (χ0v) is 11.0. The first-order chi connectivity index (χ1) is 10.1. The Bertz CT molecular complexity index is 843. The molecule has 0 unspecified atom stereocenters.